The van der Waals surface area contributed by atoms with Crippen LogP contribution in [0.1, 0.15) is 26.2 Å². The van der Waals surface area contributed by atoms with Crippen molar-refractivity contribution in [3.05, 3.63) is 0 Å². The van der Waals surface area contributed by atoms with Gasteiger partial charge >= 0.3 is 5.97 Å². The van der Waals surface area contributed by atoms with E-state index in [1.807, 2.05) is 11.8 Å². The number of carbonyl (C=O) groups is 2. The fourth-order valence-electron chi connectivity index (χ4n) is 2.99. The fourth-order valence-corrected chi connectivity index (χ4v) is 4.06. The molecule has 2 aliphatic rings. The number of carboxylic acids is 1. The summed E-state index contributed by atoms with van der Waals surface area (Å²) in [5.41, 5.74) is 0. The Morgan fingerprint density at radius 1 is 1.40 bits per heavy atom. The summed E-state index contributed by atoms with van der Waals surface area (Å²) < 4.78 is 5.34. The first-order valence-corrected chi connectivity index (χ1v) is 8.43. The SMILES string of the molecule is CC(C(=O)N1CCSCC1CC(=O)O)C1CCOCC1. The minimum absolute atomic E-state index is 0.0294. The molecule has 0 aromatic rings. The molecule has 1 N–H and O–H groups in total. The molecule has 6 heteroatoms. The molecule has 0 aromatic heterocycles. The third-order valence-electron chi connectivity index (χ3n) is 4.28. The average molecular weight is 301 g/mol. The molecule has 114 valence electrons. The maximum absolute atomic E-state index is 12.7. The number of rotatable bonds is 4. The molecule has 2 rings (SSSR count). The Morgan fingerprint density at radius 2 is 2.10 bits per heavy atom. The van der Waals surface area contributed by atoms with Crippen LogP contribution in [0.2, 0.25) is 0 Å². The Bertz CT molecular complexity index is 357. The molecule has 20 heavy (non-hydrogen) atoms. The molecule has 0 bridgehead atoms. The quantitative estimate of drug-likeness (QED) is 0.851. The van der Waals surface area contributed by atoms with Crippen LogP contribution < -0.4 is 0 Å². The first kappa shape index (κ1) is 15.6. The molecule has 2 heterocycles. The van der Waals surface area contributed by atoms with Gasteiger partial charge < -0.3 is 14.7 Å². The third-order valence-corrected chi connectivity index (χ3v) is 5.38. The van der Waals surface area contributed by atoms with E-state index in [4.69, 9.17) is 9.84 Å². The van der Waals surface area contributed by atoms with E-state index in [2.05, 4.69) is 0 Å². The van der Waals surface area contributed by atoms with Crippen molar-refractivity contribution in [2.24, 2.45) is 11.8 Å². The van der Waals surface area contributed by atoms with Crippen LogP contribution in [-0.2, 0) is 14.3 Å². The molecule has 0 aromatic carbocycles. The summed E-state index contributed by atoms with van der Waals surface area (Å²) in [4.78, 5) is 25.4. The lowest BCUT2D eigenvalue weighted by Gasteiger charge is -2.38. The van der Waals surface area contributed by atoms with E-state index in [-0.39, 0.29) is 24.3 Å². The van der Waals surface area contributed by atoms with Crippen LogP contribution in [-0.4, -0.2) is 59.2 Å². The van der Waals surface area contributed by atoms with Gasteiger partial charge in [-0.1, -0.05) is 6.92 Å². The zero-order valence-corrected chi connectivity index (χ0v) is 12.7. The Morgan fingerprint density at radius 3 is 2.75 bits per heavy atom. The van der Waals surface area contributed by atoms with Crippen molar-refractivity contribution in [2.75, 3.05) is 31.3 Å². The molecule has 2 atom stereocenters. The lowest BCUT2D eigenvalue weighted by Crippen LogP contribution is -2.50. The molecule has 5 nitrogen and oxygen atoms in total. The summed E-state index contributed by atoms with van der Waals surface area (Å²) >= 11 is 1.74. The van der Waals surface area contributed by atoms with Crippen molar-refractivity contribution in [2.45, 2.75) is 32.2 Å². The predicted molar refractivity (Wildman–Crippen MR) is 77.8 cm³/mol. The molecule has 2 saturated heterocycles. The molecule has 0 radical (unpaired) electrons. The van der Waals surface area contributed by atoms with Crippen LogP contribution in [0.4, 0.5) is 0 Å². The Kier molecular flexibility index (Phi) is 5.72. The zero-order chi connectivity index (χ0) is 14.5. The first-order valence-electron chi connectivity index (χ1n) is 7.27. The van der Waals surface area contributed by atoms with E-state index < -0.39 is 5.97 Å². The number of thioether (sulfide) groups is 1. The predicted octanol–water partition coefficient (Wildman–Crippen LogP) is 1.47. The van der Waals surface area contributed by atoms with Gasteiger partial charge in [-0.15, -0.1) is 0 Å². The van der Waals surface area contributed by atoms with Gasteiger partial charge in [-0.25, -0.2) is 0 Å². The van der Waals surface area contributed by atoms with Crippen molar-refractivity contribution in [3.63, 3.8) is 0 Å². The molecule has 2 fully saturated rings. The molecule has 2 unspecified atom stereocenters. The maximum Gasteiger partial charge on any atom is 0.305 e. The van der Waals surface area contributed by atoms with Crippen LogP contribution in [0, 0.1) is 11.8 Å². The molecular weight excluding hydrogens is 278 g/mol. The van der Waals surface area contributed by atoms with Gasteiger partial charge in [0, 0.05) is 37.2 Å². The number of aliphatic carboxylic acids is 1. The van der Waals surface area contributed by atoms with Crippen LogP contribution in [0.3, 0.4) is 0 Å². The van der Waals surface area contributed by atoms with Gasteiger partial charge in [0.2, 0.25) is 5.91 Å². The average Bonchev–Trinajstić information content (AvgIpc) is 2.46. The molecule has 0 spiro atoms. The monoisotopic (exact) mass is 301 g/mol. The van der Waals surface area contributed by atoms with Gasteiger partial charge in [-0.05, 0) is 18.8 Å². The van der Waals surface area contributed by atoms with E-state index in [1.165, 1.54) is 0 Å². The lowest BCUT2D eigenvalue weighted by atomic mass is 9.86. The largest absolute Gasteiger partial charge is 0.481 e. The van der Waals surface area contributed by atoms with Gasteiger partial charge in [0.25, 0.3) is 0 Å². The van der Waals surface area contributed by atoms with Crippen LogP contribution in [0.15, 0.2) is 0 Å². The number of hydrogen-bond donors (Lipinski definition) is 1. The van der Waals surface area contributed by atoms with Gasteiger partial charge in [0.15, 0.2) is 0 Å². The number of carboxylic acid groups (broad SMARTS) is 1. The standard InChI is InChI=1S/C14H23NO4S/c1-10(11-2-5-19-6-3-11)14(18)15-4-7-20-9-12(15)8-13(16)17/h10-12H,2-9H2,1H3,(H,16,17). The van der Waals surface area contributed by atoms with Gasteiger partial charge in [-0.2, -0.15) is 11.8 Å². The summed E-state index contributed by atoms with van der Waals surface area (Å²) in [6.45, 7) is 4.13. The number of ether oxygens (including phenoxy) is 1. The third kappa shape index (κ3) is 3.88. The van der Waals surface area contributed by atoms with Crippen LogP contribution in [0.25, 0.3) is 0 Å². The van der Waals surface area contributed by atoms with Crippen molar-refractivity contribution in [1.29, 1.82) is 0 Å². The second-order valence-corrected chi connectivity index (χ2v) is 6.75. The Balaban J connectivity index is 1.98. The molecule has 2 aliphatic heterocycles. The normalized spacial score (nSPS) is 26.2. The summed E-state index contributed by atoms with van der Waals surface area (Å²) in [6, 6.07) is -0.152. The highest BCUT2D eigenvalue weighted by Gasteiger charge is 2.34. The van der Waals surface area contributed by atoms with Gasteiger partial charge in [-0.3, -0.25) is 9.59 Å². The smallest absolute Gasteiger partial charge is 0.305 e. The number of hydrogen-bond acceptors (Lipinski definition) is 4. The van der Waals surface area contributed by atoms with Crippen molar-refractivity contribution in [1.82, 2.24) is 4.90 Å². The summed E-state index contributed by atoms with van der Waals surface area (Å²) in [7, 11) is 0. The molecule has 1 amide bonds. The van der Waals surface area contributed by atoms with E-state index in [0.29, 0.717) is 12.5 Å². The number of nitrogens with zero attached hydrogens (tertiary/aromatic N) is 1. The second-order valence-electron chi connectivity index (χ2n) is 5.60. The fraction of sp³-hybridized carbons (Fsp3) is 0.857. The topological polar surface area (TPSA) is 66.8 Å². The Labute approximate surface area is 124 Å². The summed E-state index contributed by atoms with van der Waals surface area (Å²) in [5, 5.41) is 8.99. The number of amides is 1. The van der Waals surface area contributed by atoms with E-state index in [9.17, 15) is 9.59 Å². The molecular formula is C14H23NO4S. The minimum Gasteiger partial charge on any atom is -0.481 e. The van der Waals surface area contributed by atoms with Crippen LogP contribution >= 0.6 is 11.8 Å². The maximum atomic E-state index is 12.7. The second kappa shape index (κ2) is 7.31. The van der Waals surface area contributed by atoms with Gasteiger partial charge in [0.1, 0.15) is 0 Å². The Hall–Kier alpha value is -0.750. The van der Waals surface area contributed by atoms with Crippen molar-refractivity contribution >= 4 is 23.6 Å². The van der Waals surface area contributed by atoms with Gasteiger partial charge in [0.05, 0.1) is 12.5 Å². The summed E-state index contributed by atoms with van der Waals surface area (Å²) in [5.74, 6) is 1.29. The van der Waals surface area contributed by atoms with E-state index in [0.717, 1.165) is 37.6 Å². The lowest BCUT2D eigenvalue weighted by molar-refractivity contribution is -0.143. The minimum atomic E-state index is -0.825. The molecule has 0 saturated carbocycles. The highest BCUT2D eigenvalue weighted by molar-refractivity contribution is 7.99. The highest BCUT2D eigenvalue weighted by atomic mass is 32.2. The highest BCUT2D eigenvalue weighted by Crippen LogP contribution is 2.28. The zero-order valence-electron chi connectivity index (χ0n) is 11.9. The van der Waals surface area contributed by atoms with E-state index in [1.54, 1.807) is 11.8 Å². The number of carbonyl (C=O) groups excluding carboxylic acids is 1. The molecule has 0 aliphatic carbocycles. The summed E-state index contributed by atoms with van der Waals surface area (Å²) in [6.07, 6.45) is 1.91. The first-order chi connectivity index (χ1) is 9.59. The van der Waals surface area contributed by atoms with Crippen molar-refractivity contribution < 1.29 is 19.4 Å². The van der Waals surface area contributed by atoms with Crippen molar-refractivity contribution in [3.8, 4) is 0 Å². The van der Waals surface area contributed by atoms with E-state index >= 15 is 0 Å². The van der Waals surface area contributed by atoms with Crippen LogP contribution in [0.5, 0.6) is 0 Å².